The van der Waals surface area contributed by atoms with Crippen molar-refractivity contribution >= 4 is 27.3 Å². The minimum atomic E-state index is 0.193. The summed E-state index contributed by atoms with van der Waals surface area (Å²) in [6, 6.07) is 10.7. The lowest BCUT2D eigenvalue weighted by atomic mass is 10.0. The molecule has 2 aromatic rings. The standard InChI is InChI=1S/C16H20BrNOS/c1-4-18-16(13-9-15(17)20-10-13)12-6-5-7-14(8-12)19-11(2)3/h5-11,16,18H,4H2,1-3H3. The Hall–Kier alpha value is -0.840. The molecule has 108 valence electrons. The first-order valence-electron chi connectivity index (χ1n) is 6.84. The fourth-order valence-corrected chi connectivity index (χ4v) is 3.35. The summed E-state index contributed by atoms with van der Waals surface area (Å²) in [5.74, 6) is 0.926. The second kappa shape index (κ2) is 7.25. The van der Waals surface area contributed by atoms with Crippen LogP contribution in [-0.2, 0) is 0 Å². The van der Waals surface area contributed by atoms with E-state index in [1.54, 1.807) is 11.3 Å². The van der Waals surface area contributed by atoms with E-state index in [1.165, 1.54) is 11.1 Å². The summed E-state index contributed by atoms with van der Waals surface area (Å²) in [7, 11) is 0. The van der Waals surface area contributed by atoms with E-state index in [0.717, 1.165) is 16.1 Å². The molecule has 0 radical (unpaired) electrons. The van der Waals surface area contributed by atoms with Crippen LogP contribution in [0.1, 0.15) is 37.9 Å². The lowest BCUT2D eigenvalue weighted by Crippen LogP contribution is -2.21. The lowest BCUT2D eigenvalue weighted by Gasteiger charge is -2.19. The molecular formula is C16H20BrNOS. The second-order valence-electron chi connectivity index (χ2n) is 4.91. The second-order valence-corrected chi connectivity index (χ2v) is 7.20. The first-order chi connectivity index (χ1) is 9.60. The molecule has 0 bridgehead atoms. The van der Waals surface area contributed by atoms with Gasteiger partial charge in [-0.3, -0.25) is 0 Å². The smallest absolute Gasteiger partial charge is 0.120 e. The fraction of sp³-hybridized carbons (Fsp3) is 0.375. The van der Waals surface area contributed by atoms with Crippen molar-refractivity contribution < 1.29 is 4.74 Å². The summed E-state index contributed by atoms with van der Waals surface area (Å²) < 4.78 is 6.95. The van der Waals surface area contributed by atoms with Gasteiger partial charge in [-0.2, -0.15) is 0 Å². The minimum absolute atomic E-state index is 0.193. The van der Waals surface area contributed by atoms with Crippen molar-refractivity contribution in [2.75, 3.05) is 6.54 Å². The predicted molar refractivity (Wildman–Crippen MR) is 89.7 cm³/mol. The number of benzene rings is 1. The summed E-state index contributed by atoms with van der Waals surface area (Å²) in [5.41, 5.74) is 2.51. The molecular weight excluding hydrogens is 334 g/mol. The minimum Gasteiger partial charge on any atom is -0.491 e. The Balaban J connectivity index is 2.29. The fourth-order valence-electron chi connectivity index (χ4n) is 2.15. The van der Waals surface area contributed by atoms with Gasteiger partial charge in [-0.05, 0) is 71.0 Å². The van der Waals surface area contributed by atoms with Crippen molar-refractivity contribution in [3.8, 4) is 5.75 Å². The molecule has 0 spiro atoms. The normalized spacial score (nSPS) is 12.7. The molecule has 20 heavy (non-hydrogen) atoms. The van der Waals surface area contributed by atoms with Gasteiger partial charge in [0.15, 0.2) is 0 Å². The zero-order valence-electron chi connectivity index (χ0n) is 12.0. The maximum atomic E-state index is 5.79. The molecule has 1 N–H and O–H groups in total. The Morgan fingerprint density at radius 2 is 2.05 bits per heavy atom. The van der Waals surface area contributed by atoms with Crippen molar-refractivity contribution in [3.63, 3.8) is 0 Å². The van der Waals surface area contributed by atoms with Crippen molar-refractivity contribution in [2.45, 2.75) is 32.9 Å². The van der Waals surface area contributed by atoms with Gasteiger partial charge in [0.25, 0.3) is 0 Å². The molecule has 0 amide bonds. The molecule has 4 heteroatoms. The van der Waals surface area contributed by atoms with Crippen molar-refractivity contribution in [1.29, 1.82) is 0 Å². The van der Waals surface area contributed by atoms with Gasteiger partial charge in [0, 0.05) is 0 Å². The quantitative estimate of drug-likeness (QED) is 0.789. The van der Waals surface area contributed by atoms with E-state index >= 15 is 0 Å². The van der Waals surface area contributed by atoms with E-state index in [1.807, 2.05) is 19.9 Å². The van der Waals surface area contributed by atoms with Crippen LogP contribution in [0, 0.1) is 0 Å². The van der Waals surface area contributed by atoms with Crippen LogP contribution in [0.2, 0.25) is 0 Å². The van der Waals surface area contributed by atoms with Gasteiger partial charge in [-0.25, -0.2) is 0 Å². The summed E-state index contributed by atoms with van der Waals surface area (Å²) in [4.78, 5) is 0. The summed E-state index contributed by atoms with van der Waals surface area (Å²) in [5, 5.41) is 5.73. The van der Waals surface area contributed by atoms with Crippen molar-refractivity contribution in [1.82, 2.24) is 5.32 Å². The summed E-state index contributed by atoms with van der Waals surface area (Å²) in [6.07, 6.45) is 0.193. The van der Waals surface area contributed by atoms with E-state index in [9.17, 15) is 0 Å². The highest BCUT2D eigenvalue weighted by Crippen LogP contribution is 2.30. The van der Waals surface area contributed by atoms with Crippen LogP contribution < -0.4 is 10.1 Å². The number of nitrogens with one attached hydrogen (secondary N) is 1. The van der Waals surface area contributed by atoms with Gasteiger partial charge < -0.3 is 10.1 Å². The predicted octanol–water partition coefficient (Wildman–Crippen LogP) is 5.00. The van der Waals surface area contributed by atoms with E-state index in [4.69, 9.17) is 4.74 Å². The highest BCUT2D eigenvalue weighted by molar-refractivity contribution is 9.11. The monoisotopic (exact) mass is 353 g/mol. The largest absolute Gasteiger partial charge is 0.491 e. The molecule has 1 unspecified atom stereocenters. The van der Waals surface area contributed by atoms with E-state index in [0.29, 0.717) is 0 Å². The molecule has 0 aliphatic heterocycles. The molecule has 1 heterocycles. The Labute approximate surface area is 133 Å². The molecule has 0 saturated heterocycles. The van der Waals surface area contributed by atoms with Gasteiger partial charge in [-0.1, -0.05) is 19.1 Å². The third kappa shape index (κ3) is 4.08. The van der Waals surface area contributed by atoms with Gasteiger partial charge in [0.2, 0.25) is 0 Å². The maximum Gasteiger partial charge on any atom is 0.120 e. The van der Waals surface area contributed by atoms with Crippen LogP contribution in [-0.4, -0.2) is 12.6 Å². The molecule has 2 nitrogen and oxygen atoms in total. The Morgan fingerprint density at radius 1 is 1.25 bits per heavy atom. The number of halogens is 1. The SMILES string of the molecule is CCNC(c1cccc(OC(C)C)c1)c1csc(Br)c1. The molecule has 1 aromatic carbocycles. The molecule has 0 aliphatic rings. The van der Waals surface area contributed by atoms with Crippen LogP contribution in [0.25, 0.3) is 0 Å². The first kappa shape index (κ1) is 15.5. The Morgan fingerprint density at radius 3 is 2.65 bits per heavy atom. The zero-order chi connectivity index (χ0) is 14.5. The highest BCUT2D eigenvalue weighted by atomic mass is 79.9. The van der Waals surface area contributed by atoms with Gasteiger partial charge in [-0.15, -0.1) is 11.3 Å². The van der Waals surface area contributed by atoms with E-state index in [2.05, 4.69) is 57.8 Å². The third-order valence-electron chi connectivity index (χ3n) is 2.89. The summed E-state index contributed by atoms with van der Waals surface area (Å²) >= 11 is 5.25. The molecule has 1 atom stereocenters. The molecule has 1 aromatic heterocycles. The van der Waals surface area contributed by atoms with Gasteiger partial charge in [0.1, 0.15) is 5.75 Å². The molecule has 0 aliphatic carbocycles. The number of thiophene rings is 1. The highest BCUT2D eigenvalue weighted by Gasteiger charge is 2.15. The third-order valence-corrected chi connectivity index (χ3v) is 4.42. The Kier molecular flexibility index (Phi) is 5.64. The van der Waals surface area contributed by atoms with Gasteiger partial charge in [0.05, 0.1) is 15.9 Å². The van der Waals surface area contributed by atoms with Gasteiger partial charge >= 0.3 is 0 Å². The summed E-state index contributed by atoms with van der Waals surface area (Å²) in [6.45, 7) is 7.14. The molecule has 0 saturated carbocycles. The average molecular weight is 354 g/mol. The molecule has 0 fully saturated rings. The van der Waals surface area contributed by atoms with Crippen LogP contribution in [0.5, 0.6) is 5.75 Å². The zero-order valence-corrected chi connectivity index (χ0v) is 14.4. The number of ether oxygens (including phenoxy) is 1. The van der Waals surface area contributed by atoms with E-state index < -0.39 is 0 Å². The number of rotatable bonds is 6. The van der Waals surface area contributed by atoms with E-state index in [-0.39, 0.29) is 12.1 Å². The van der Waals surface area contributed by atoms with Crippen molar-refractivity contribution in [2.24, 2.45) is 0 Å². The van der Waals surface area contributed by atoms with Crippen molar-refractivity contribution in [3.05, 3.63) is 50.6 Å². The van der Waals surface area contributed by atoms with Crippen LogP contribution in [0.4, 0.5) is 0 Å². The number of hydrogen-bond donors (Lipinski definition) is 1. The Bertz CT molecular complexity index is 553. The number of hydrogen-bond acceptors (Lipinski definition) is 3. The first-order valence-corrected chi connectivity index (χ1v) is 8.51. The van der Waals surface area contributed by atoms with Crippen LogP contribution in [0.3, 0.4) is 0 Å². The van der Waals surface area contributed by atoms with Crippen LogP contribution in [0.15, 0.2) is 39.5 Å². The average Bonchev–Trinajstić information content (AvgIpc) is 2.82. The van der Waals surface area contributed by atoms with Crippen LogP contribution >= 0.6 is 27.3 Å². The molecule has 2 rings (SSSR count). The topological polar surface area (TPSA) is 21.3 Å². The lowest BCUT2D eigenvalue weighted by molar-refractivity contribution is 0.242. The maximum absolute atomic E-state index is 5.79.